The van der Waals surface area contributed by atoms with Crippen LogP contribution in [0, 0.1) is 5.41 Å². The lowest BCUT2D eigenvalue weighted by Crippen LogP contribution is -2.32. The van der Waals surface area contributed by atoms with Crippen molar-refractivity contribution < 1.29 is 19.2 Å². The Kier molecular flexibility index (Phi) is 6.44. The van der Waals surface area contributed by atoms with Crippen molar-refractivity contribution in [1.82, 2.24) is 5.16 Å². The zero-order chi connectivity index (χ0) is 25.3. The molecule has 2 aromatic carbocycles. The Morgan fingerprint density at radius 3 is 2.42 bits per heavy atom. The Morgan fingerprint density at radius 1 is 1.00 bits per heavy atom. The predicted molar refractivity (Wildman–Crippen MR) is 138 cm³/mol. The van der Waals surface area contributed by atoms with Crippen LogP contribution in [0.5, 0.6) is 0 Å². The lowest BCUT2D eigenvalue weighted by molar-refractivity contribution is -0.117. The fourth-order valence-electron chi connectivity index (χ4n) is 5.30. The molecular formula is C30H30N2O4. The number of nitrogens with zero attached hydrogens (tertiary/aromatic N) is 2. The third-order valence-electron chi connectivity index (χ3n) is 7.01. The molecule has 1 heterocycles. The van der Waals surface area contributed by atoms with Gasteiger partial charge in [0.2, 0.25) is 0 Å². The van der Waals surface area contributed by atoms with E-state index in [0.29, 0.717) is 60.4 Å². The maximum Gasteiger partial charge on any atom is 0.168 e. The zero-order valence-corrected chi connectivity index (χ0v) is 20.7. The largest absolute Gasteiger partial charge is 0.511 e. The number of benzene rings is 2. The molecule has 2 aliphatic rings. The number of carbonyl (C=O) groups is 2. The number of carbonyl (C=O) groups excluding carboxylic acids is 2. The molecule has 3 aromatic rings. The molecule has 2 aliphatic carbocycles. The van der Waals surface area contributed by atoms with Gasteiger partial charge in [-0.25, -0.2) is 0 Å². The van der Waals surface area contributed by atoms with Gasteiger partial charge < -0.3 is 9.63 Å². The van der Waals surface area contributed by atoms with Gasteiger partial charge in [-0.1, -0.05) is 67.5 Å². The van der Waals surface area contributed by atoms with Crippen molar-refractivity contribution in [3.05, 3.63) is 94.6 Å². The lowest BCUT2D eigenvalue weighted by atomic mass is 9.73. The summed E-state index contributed by atoms with van der Waals surface area (Å²) in [6, 6.07) is 19.4. The van der Waals surface area contributed by atoms with Gasteiger partial charge in [0.15, 0.2) is 11.6 Å². The summed E-state index contributed by atoms with van der Waals surface area (Å²) in [6.07, 6.45) is 2.45. The third-order valence-corrected chi connectivity index (χ3v) is 7.01. The molecule has 184 valence electrons. The number of aromatic nitrogens is 1. The highest BCUT2D eigenvalue weighted by molar-refractivity contribution is 6.25. The fraction of sp³-hybridized carbons (Fsp3) is 0.333. The van der Waals surface area contributed by atoms with Crippen LogP contribution >= 0.6 is 0 Å². The van der Waals surface area contributed by atoms with Crippen molar-refractivity contribution in [2.75, 3.05) is 0 Å². The van der Waals surface area contributed by atoms with Crippen LogP contribution in [0.4, 0.5) is 5.69 Å². The van der Waals surface area contributed by atoms with Crippen LogP contribution in [0.2, 0.25) is 0 Å². The minimum absolute atomic E-state index is 0.00708. The quantitative estimate of drug-likeness (QED) is 0.331. The van der Waals surface area contributed by atoms with Gasteiger partial charge in [0.05, 0.1) is 28.2 Å². The summed E-state index contributed by atoms with van der Waals surface area (Å²) < 4.78 is 5.58. The van der Waals surface area contributed by atoms with E-state index in [1.807, 2.05) is 74.5 Å². The van der Waals surface area contributed by atoms with Gasteiger partial charge in [-0.2, -0.15) is 0 Å². The summed E-state index contributed by atoms with van der Waals surface area (Å²) in [6.45, 7) is 4.07. The third kappa shape index (κ3) is 4.94. The molecule has 0 amide bonds. The second kappa shape index (κ2) is 9.69. The first kappa shape index (κ1) is 23.9. The topological polar surface area (TPSA) is 92.8 Å². The average Bonchev–Trinajstić information content (AvgIpc) is 3.26. The number of aliphatic imine (C=N–C) groups is 1. The predicted octanol–water partition coefficient (Wildman–Crippen LogP) is 6.49. The first-order valence-corrected chi connectivity index (χ1v) is 12.4. The van der Waals surface area contributed by atoms with E-state index in [1.165, 1.54) is 0 Å². The van der Waals surface area contributed by atoms with E-state index >= 15 is 0 Å². The van der Waals surface area contributed by atoms with Crippen molar-refractivity contribution in [2.24, 2.45) is 10.4 Å². The smallest absolute Gasteiger partial charge is 0.168 e. The number of aryl methyl sites for hydroxylation is 1. The molecule has 0 bridgehead atoms. The number of fused-ring (bicyclic) bond motifs is 1. The van der Waals surface area contributed by atoms with E-state index < -0.39 is 0 Å². The van der Waals surface area contributed by atoms with Gasteiger partial charge in [-0.05, 0) is 35.4 Å². The van der Waals surface area contributed by atoms with Gasteiger partial charge in [-0.3, -0.25) is 14.6 Å². The van der Waals surface area contributed by atoms with Crippen LogP contribution in [0.15, 0.2) is 81.5 Å². The maximum atomic E-state index is 13.1. The highest BCUT2D eigenvalue weighted by Crippen LogP contribution is 2.38. The molecule has 1 saturated carbocycles. The van der Waals surface area contributed by atoms with Crippen LogP contribution < -0.4 is 0 Å². The van der Waals surface area contributed by atoms with E-state index in [4.69, 9.17) is 9.52 Å². The first-order valence-electron chi connectivity index (χ1n) is 12.4. The van der Waals surface area contributed by atoms with E-state index in [1.54, 1.807) is 0 Å². The molecule has 1 N–H and O–H groups in total. The number of para-hydroxylation sites is 1. The lowest BCUT2D eigenvalue weighted by Gasteiger charge is -2.31. The number of hydrogen-bond acceptors (Lipinski definition) is 6. The number of rotatable bonds is 5. The Bertz CT molecular complexity index is 1350. The van der Waals surface area contributed by atoms with E-state index in [2.05, 4.69) is 5.16 Å². The van der Waals surface area contributed by atoms with Gasteiger partial charge in [-0.15, -0.1) is 0 Å². The van der Waals surface area contributed by atoms with Crippen LogP contribution in [0.25, 0.3) is 0 Å². The molecule has 1 fully saturated rings. The van der Waals surface area contributed by atoms with Gasteiger partial charge >= 0.3 is 0 Å². The minimum Gasteiger partial charge on any atom is -0.511 e. The molecular weight excluding hydrogens is 452 g/mol. The Labute approximate surface area is 210 Å². The second-order valence-corrected chi connectivity index (χ2v) is 10.5. The maximum absolute atomic E-state index is 13.1. The molecule has 36 heavy (non-hydrogen) atoms. The van der Waals surface area contributed by atoms with Crippen molar-refractivity contribution in [2.45, 2.75) is 58.3 Å². The number of ketones is 2. The molecule has 0 aliphatic heterocycles. The summed E-state index contributed by atoms with van der Waals surface area (Å²) in [5.74, 6) is 0.566. The van der Waals surface area contributed by atoms with E-state index in [-0.39, 0.29) is 35.1 Å². The molecule has 0 saturated heterocycles. The molecule has 1 unspecified atom stereocenters. The Morgan fingerprint density at radius 2 is 1.69 bits per heavy atom. The normalized spacial score (nSPS) is 21.9. The van der Waals surface area contributed by atoms with Crippen molar-refractivity contribution in [3.8, 4) is 0 Å². The summed E-state index contributed by atoms with van der Waals surface area (Å²) in [4.78, 5) is 30.8. The van der Waals surface area contributed by atoms with Crippen LogP contribution in [-0.2, 0) is 17.6 Å². The summed E-state index contributed by atoms with van der Waals surface area (Å²) in [7, 11) is 0. The Balaban J connectivity index is 1.38. The van der Waals surface area contributed by atoms with Gasteiger partial charge in [0, 0.05) is 32.1 Å². The Hall–Kier alpha value is -3.80. The van der Waals surface area contributed by atoms with Crippen LogP contribution in [0.3, 0.4) is 0 Å². The molecule has 6 heteroatoms. The fourth-order valence-corrected chi connectivity index (χ4v) is 5.30. The van der Waals surface area contributed by atoms with Gasteiger partial charge in [0.1, 0.15) is 11.5 Å². The van der Waals surface area contributed by atoms with Crippen LogP contribution in [-0.4, -0.2) is 27.5 Å². The number of allylic oxidation sites excluding steroid dienone is 2. The van der Waals surface area contributed by atoms with E-state index in [9.17, 15) is 14.7 Å². The SMILES string of the molecule is CC1(C)CC(=O)C(=C(O)CCc2noc3c2C(=O)CC(c2ccccc2)C3)C(=Nc2ccccc2)C1. The molecule has 0 spiro atoms. The molecule has 1 aromatic heterocycles. The average molecular weight is 483 g/mol. The zero-order valence-electron chi connectivity index (χ0n) is 20.7. The minimum atomic E-state index is -0.235. The summed E-state index contributed by atoms with van der Waals surface area (Å²) in [5.41, 5.74) is 3.60. The standard InChI is InChI=1S/C30H30N2O4/c1-30(2)17-23(31-21-11-7-4-8-12-21)28(26(35)18-30)24(33)14-13-22-29-25(34)15-20(16-27(29)36-32-22)19-9-5-3-6-10-19/h3-12,20,33H,13-18H2,1-2H3. The highest BCUT2D eigenvalue weighted by Gasteiger charge is 2.37. The summed E-state index contributed by atoms with van der Waals surface area (Å²) in [5, 5.41) is 15.2. The molecule has 6 nitrogen and oxygen atoms in total. The van der Waals surface area contributed by atoms with Crippen molar-refractivity contribution in [1.29, 1.82) is 0 Å². The summed E-state index contributed by atoms with van der Waals surface area (Å²) >= 11 is 0. The monoisotopic (exact) mass is 482 g/mol. The molecule has 1 atom stereocenters. The second-order valence-electron chi connectivity index (χ2n) is 10.5. The van der Waals surface area contributed by atoms with Crippen LogP contribution in [0.1, 0.15) is 72.8 Å². The molecule has 5 rings (SSSR count). The first-order chi connectivity index (χ1) is 17.3. The van der Waals surface area contributed by atoms with Crippen molar-refractivity contribution >= 4 is 23.0 Å². The number of aliphatic hydroxyl groups is 1. The van der Waals surface area contributed by atoms with Crippen molar-refractivity contribution in [3.63, 3.8) is 0 Å². The molecule has 0 radical (unpaired) electrons. The number of hydrogen-bond donors (Lipinski definition) is 1. The highest BCUT2D eigenvalue weighted by atomic mass is 16.5. The van der Waals surface area contributed by atoms with E-state index in [0.717, 1.165) is 11.3 Å². The number of Topliss-reactive ketones (excluding diaryl/α,β-unsaturated/α-hetero) is 2. The van der Waals surface area contributed by atoms with Gasteiger partial charge in [0.25, 0.3) is 0 Å². The number of aliphatic hydroxyl groups excluding tert-OH is 1.